The van der Waals surface area contributed by atoms with Gasteiger partial charge in [-0.25, -0.2) is 13.2 Å². The molecule has 1 aromatic rings. The maximum atomic E-state index is 11.7. The lowest BCUT2D eigenvalue weighted by atomic mass is 10.1. The van der Waals surface area contributed by atoms with E-state index in [-0.39, 0.29) is 18.1 Å². The second kappa shape index (κ2) is 7.65. The SMILES string of the molecule is Cc1ccc(OCC(=O)OCC(=O)N[C@@H]2CCS(=O)(=O)C2)c(C)c1. The van der Waals surface area contributed by atoms with Crippen LogP contribution in [0.1, 0.15) is 17.5 Å². The van der Waals surface area contributed by atoms with Crippen LogP contribution >= 0.6 is 0 Å². The summed E-state index contributed by atoms with van der Waals surface area (Å²) in [5, 5.41) is 2.54. The van der Waals surface area contributed by atoms with Gasteiger partial charge in [-0.3, -0.25) is 4.79 Å². The van der Waals surface area contributed by atoms with Crippen LogP contribution < -0.4 is 10.1 Å². The number of sulfone groups is 1. The van der Waals surface area contributed by atoms with Gasteiger partial charge in [-0.2, -0.15) is 0 Å². The Balaban J connectivity index is 1.70. The third-order valence-electron chi connectivity index (χ3n) is 3.64. The summed E-state index contributed by atoms with van der Waals surface area (Å²) in [6.45, 7) is 3.08. The number of esters is 1. The molecule has 2 rings (SSSR count). The lowest BCUT2D eigenvalue weighted by Gasteiger charge is -2.12. The fourth-order valence-electron chi connectivity index (χ4n) is 2.46. The number of amides is 1. The van der Waals surface area contributed by atoms with Crippen LogP contribution in [-0.2, 0) is 24.2 Å². The third-order valence-corrected chi connectivity index (χ3v) is 5.41. The molecule has 0 spiro atoms. The van der Waals surface area contributed by atoms with Crippen LogP contribution in [0.5, 0.6) is 5.75 Å². The lowest BCUT2D eigenvalue weighted by molar-refractivity contribution is -0.150. The van der Waals surface area contributed by atoms with Gasteiger partial charge in [0.15, 0.2) is 23.1 Å². The minimum absolute atomic E-state index is 0.0670. The highest BCUT2D eigenvalue weighted by Crippen LogP contribution is 2.18. The van der Waals surface area contributed by atoms with E-state index in [9.17, 15) is 18.0 Å². The van der Waals surface area contributed by atoms with Crippen LogP contribution in [0.2, 0.25) is 0 Å². The molecule has 1 atom stereocenters. The molecule has 0 radical (unpaired) electrons. The maximum absolute atomic E-state index is 11.7. The monoisotopic (exact) mass is 355 g/mol. The van der Waals surface area contributed by atoms with Crippen molar-refractivity contribution in [1.29, 1.82) is 0 Å². The van der Waals surface area contributed by atoms with Crippen LogP contribution in [0.4, 0.5) is 0 Å². The predicted octanol–water partition coefficient (Wildman–Crippen LogP) is 0.529. The number of hydrogen-bond acceptors (Lipinski definition) is 6. The Morgan fingerprint density at radius 1 is 1.25 bits per heavy atom. The molecule has 1 amide bonds. The van der Waals surface area contributed by atoms with Gasteiger partial charge in [-0.05, 0) is 31.9 Å². The van der Waals surface area contributed by atoms with E-state index < -0.39 is 34.4 Å². The smallest absolute Gasteiger partial charge is 0.344 e. The molecule has 1 heterocycles. The molecule has 1 aliphatic rings. The van der Waals surface area contributed by atoms with E-state index in [1.54, 1.807) is 6.07 Å². The quantitative estimate of drug-likeness (QED) is 0.748. The molecule has 0 bridgehead atoms. The van der Waals surface area contributed by atoms with E-state index in [0.29, 0.717) is 12.2 Å². The molecule has 0 aliphatic carbocycles. The van der Waals surface area contributed by atoms with Gasteiger partial charge < -0.3 is 14.8 Å². The molecule has 7 nitrogen and oxygen atoms in total. The fraction of sp³-hybridized carbons (Fsp3) is 0.500. The van der Waals surface area contributed by atoms with Crippen molar-refractivity contribution in [2.75, 3.05) is 24.7 Å². The number of carbonyl (C=O) groups is 2. The summed E-state index contributed by atoms with van der Waals surface area (Å²) in [4.78, 5) is 23.3. The number of aryl methyl sites for hydroxylation is 2. The van der Waals surface area contributed by atoms with Crippen molar-refractivity contribution in [1.82, 2.24) is 5.32 Å². The van der Waals surface area contributed by atoms with Gasteiger partial charge in [-0.15, -0.1) is 0 Å². The summed E-state index contributed by atoms with van der Waals surface area (Å²) in [6, 6.07) is 5.17. The highest BCUT2D eigenvalue weighted by atomic mass is 32.2. The van der Waals surface area contributed by atoms with E-state index in [2.05, 4.69) is 5.32 Å². The standard InChI is InChI=1S/C16H21NO6S/c1-11-3-4-14(12(2)7-11)22-9-16(19)23-8-15(18)17-13-5-6-24(20,21)10-13/h3-4,7,13H,5-6,8-10H2,1-2H3,(H,17,18)/t13-/m1/s1. The molecule has 1 saturated heterocycles. The Kier molecular flexibility index (Phi) is 5.82. The molecular formula is C16H21NO6S. The summed E-state index contributed by atoms with van der Waals surface area (Å²) >= 11 is 0. The Bertz CT molecular complexity index is 728. The van der Waals surface area contributed by atoms with Crippen LogP contribution in [0.3, 0.4) is 0 Å². The van der Waals surface area contributed by atoms with Gasteiger partial charge in [0.2, 0.25) is 0 Å². The summed E-state index contributed by atoms with van der Waals surface area (Å²) in [7, 11) is -3.06. The van der Waals surface area contributed by atoms with E-state index in [4.69, 9.17) is 9.47 Å². The molecule has 0 aromatic heterocycles. The van der Waals surface area contributed by atoms with E-state index >= 15 is 0 Å². The topological polar surface area (TPSA) is 98.8 Å². The highest BCUT2D eigenvalue weighted by molar-refractivity contribution is 7.91. The normalized spacial score (nSPS) is 18.8. The van der Waals surface area contributed by atoms with E-state index in [1.165, 1.54) is 0 Å². The maximum Gasteiger partial charge on any atom is 0.344 e. The van der Waals surface area contributed by atoms with Gasteiger partial charge in [0, 0.05) is 6.04 Å². The van der Waals surface area contributed by atoms with Gasteiger partial charge in [-0.1, -0.05) is 17.7 Å². The van der Waals surface area contributed by atoms with Crippen LogP contribution in [0.15, 0.2) is 18.2 Å². The number of rotatable bonds is 6. The van der Waals surface area contributed by atoms with Crippen LogP contribution in [0, 0.1) is 13.8 Å². The van der Waals surface area contributed by atoms with Crippen LogP contribution in [-0.4, -0.2) is 51.1 Å². The fourth-order valence-corrected chi connectivity index (χ4v) is 4.14. The van der Waals surface area contributed by atoms with Crippen molar-refractivity contribution in [3.05, 3.63) is 29.3 Å². The Morgan fingerprint density at radius 2 is 2.00 bits per heavy atom. The zero-order valence-corrected chi connectivity index (χ0v) is 14.5. The van der Waals surface area contributed by atoms with Gasteiger partial charge >= 0.3 is 5.97 Å². The first-order chi connectivity index (χ1) is 11.2. The van der Waals surface area contributed by atoms with Crippen molar-refractivity contribution in [3.8, 4) is 5.75 Å². The lowest BCUT2D eigenvalue weighted by Crippen LogP contribution is -2.38. The molecule has 132 valence electrons. The first kappa shape index (κ1) is 18.3. The molecule has 0 unspecified atom stereocenters. The number of nitrogens with one attached hydrogen (secondary N) is 1. The summed E-state index contributed by atoms with van der Waals surface area (Å²) in [5.41, 5.74) is 2.00. The summed E-state index contributed by atoms with van der Waals surface area (Å²) < 4.78 is 32.8. The second-order valence-corrected chi connectivity index (χ2v) is 8.11. The Hall–Kier alpha value is -2.09. The minimum Gasteiger partial charge on any atom is -0.482 e. The molecule has 1 N–H and O–H groups in total. The van der Waals surface area contributed by atoms with Crippen molar-refractivity contribution in [3.63, 3.8) is 0 Å². The Morgan fingerprint density at radius 3 is 2.62 bits per heavy atom. The van der Waals surface area contributed by atoms with Gasteiger partial charge in [0.25, 0.3) is 5.91 Å². The summed E-state index contributed by atoms with van der Waals surface area (Å²) in [6.07, 6.45) is 0.387. The number of benzene rings is 1. The zero-order valence-electron chi connectivity index (χ0n) is 13.7. The first-order valence-electron chi connectivity index (χ1n) is 7.60. The molecule has 1 aliphatic heterocycles. The molecular weight excluding hydrogens is 334 g/mol. The molecule has 24 heavy (non-hydrogen) atoms. The number of hydrogen-bond donors (Lipinski definition) is 1. The average Bonchev–Trinajstić information content (AvgIpc) is 2.83. The van der Waals surface area contributed by atoms with Gasteiger partial charge in [0.1, 0.15) is 5.75 Å². The number of ether oxygens (including phenoxy) is 2. The molecule has 1 fully saturated rings. The first-order valence-corrected chi connectivity index (χ1v) is 9.43. The van der Waals surface area contributed by atoms with Gasteiger partial charge in [0.05, 0.1) is 11.5 Å². The molecule has 8 heteroatoms. The molecule has 0 saturated carbocycles. The van der Waals surface area contributed by atoms with E-state index in [1.807, 2.05) is 26.0 Å². The summed E-state index contributed by atoms with van der Waals surface area (Å²) in [5.74, 6) is -0.594. The largest absolute Gasteiger partial charge is 0.482 e. The second-order valence-electron chi connectivity index (χ2n) is 5.89. The van der Waals surface area contributed by atoms with Crippen LogP contribution in [0.25, 0.3) is 0 Å². The Labute approximate surface area is 141 Å². The van der Waals surface area contributed by atoms with E-state index in [0.717, 1.165) is 11.1 Å². The zero-order chi connectivity index (χ0) is 17.7. The third kappa shape index (κ3) is 5.52. The highest BCUT2D eigenvalue weighted by Gasteiger charge is 2.29. The number of carbonyl (C=O) groups excluding carboxylic acids is 2. The minimum atomic E-state index is -3.06. The van der Waals surface area contributed by atoms with Crippen molar-refractivity contribution < 1.29 is 27.5 Å². The predicted molar refractivity (Wildman–Crippen MR) is 87.6 cm³/mol. The van der Waals surface area contributed by atoms with Crippen molar-refractivity contribution >= 4 is 21.7 Å². The average molecular weight is 355 g/mol. The van der Waals surface area contributed by atoms with Crippen molar-refractivity contribution in [2.45, 2.75) is 26.3 Å². The molecule has 1 aromatic carbocycles. The van der Waals surface area contributed by atoms with Crippen molar-refractivity contribution in [2.24, 2.45) is 0 Å².